The minimum absolute atomic E-state index is 0.0552. The van der Waals surface area contributed by atoms with Crippen molar-refractivity contribution >= 4 is 34.9 Å². The first-order valence-electron chi connectivity index (χ1n) is 7.26. The highest BCUT2D eigenvalue weighted by Crippen LogP contribution is 2.14. The average Bonchev–Trinajstić information content (AvgIpc) is 3.00. The Hall–Kier alpha value is -2.77. The molecule has 0 unspecified atom stereocenters. The van der Waals surface area contributed by atoms with Gasteiger partial charge in [0.15, 0.2) is 10.4 Å². The van der Waals surface area contributed by atoms with Crippen molar-refractivity contribution in [2.45, 2.75) is 6.92 Å². The zero-order chi connectivity index (χ0) is 18.0. The number of amides is 2. The number of benzene rings is 2. The van der Waals surface area contributed by atoms with Crippen molar-refractivity contribution in [3.8, 4) is 5.69 Å². The maximum absolute atomic E-state index is 12.3. The van der Waals surface area contributed by atoms with Crippen LogP contribution in [-0.2, 0) is 0 Å². The third kappa shape index (κ3) is 3.84. The Labute approximate surface area is 152 Å². The maximum atomic E-state index is 12.3. The largest absolute Gasteiger partial charge is 0.364 e. The Morgan fingerprint density at radius 2 is 1.76 bits per heavy atom. The summed E-state index contributed by atoms with van der Waals surface area (Å²) >= 11 is 6.92. The van der Waals surface area contributed by atoms with Gasteiger partial charge in [-0.25, -0.2) is 0 Å². The molecule has 3 rings (SSSR count). The monoisotopic (exact) mass is 372 g/mol. The predicted octanol–water partition coefficient (Wildman–Crippen LogP) is 2.74. The fourth-order valence-corrected chi connectivity index (χ4v) is 3.03. The fourth-order valence-electron chi connectivity index (χ4n) is 2.04. The van der Waals surface area contributed by atoms with Crippen LogP contribution in [0.1, 0.15) is 26.4 Å². The second kappa shape index (κ2) is 7.00. The number of aryl methyl sites for hydroxylation is 1. The lowest BCUT2D eigenvalue weighted by atomic mass is 10.1. The number of carbonyl (C=O) groups is 2. The molecule has 6 nitrogen and oxygen atoms in total. The van der Waals surface area contributed by atoms with Crippen molar-refractivity contribution in [2.75, 3.05) is 0 Å². The van der Waals surface area contributed by atoms with Crippen molar-refractivity contribution in [3.05, 3.63) is 75.0 Å². The summed E-state index contributed by atoms with van der Waals surface area (Å²) in [6, 6.07) is 13.9. The first-order valence-corrected chi connectivity index (χ1v) is 8.41. The van der Waals surface area contributed by atoms with Gasteiger partial charge in [-0.15, -0.1) is 5.10 Å². The van der Waals surface area contributed by atoms with Gasteiger partial charge in [-0.1, -0.05) is 29.3 Å². The van der Waals surface area contributed by atoms with Gasteiger partial charge in [0.1, 0.15) is 0 Å². The smallest absolute Gasteiger partial charge is 0.278 e. The van der Waals surface area contributed by atoms with Gasteiger partial charge in [0.2, 0.25) is 0 Å². The van der Waals surface area contributed by atoms with E-state index in [0.717, 1.165) is 17.1 Å². The first-order chi connectivity index (χ1) is 11.9. The van der Waals surface area contributed by atoms with E-state index in [4.69, 9.17) is 17.3 Å². The molecule has 0 saturated carbocycles. The van der Waals surface area contributed by atoms with E-state index in [2.05, 4.69) is 10.1 Å². The van der Waals surface area contributed by atoms with Crippen LogP contribution in [0.4, 0.5) is 0 Å². The van der Waals surface area contributed by atoms with Crippen molar-refractivity contribution in [1.29, 1.82) is 0 Å². The fraction of sp³-hybridized carbons (Fsp3) is 0.0588. The standard InChI is InChI=1S/C17H13ClN4O2S/c1-10-2-4-11(5-3-10)16(24)20-17-14(15(19)23)21-22(25-17)13-8-6-12(18)7-9-13/h2-9H,1H3,(H2,19,23). The summed E-state index contributed by atoms with van der Waals surface area (Å²) in [5, 5.41) is 4.72. The van der Waals surface area contributed by atoms with Crippen molar-refractivity contribution in [3.63, 3.8) is 0 Å². The lowest BCUT2D eigenvalue weighted by Crippen LogP contribution is -2.20. The molecule has 8 heteroatoms. The van der Waals surface area contributed by atoms with Crippen molar-refractivity contribution in [1.82, 2.24) is 9.17 Å². The molecule has 2 N–H and O–H groups in total. The van der Waals surface area contributed by atoms with E-state index in [1.807, 2.05) is 19.1 Å². The van der Waals surface area contributed by atoms with Crippen LogP contribution in [0.25, 0.3) is 5.69 Å². The summed E-state index contributed by atoms with van der Waals surface area (Å²) in [5.41, 5.74) is 7.45. The first kappa shape index (κ1) is 17.1. The number of nitrogens with two attached hydrogens (primary N) is 1. The van der Waals surface area contributed by atoms with Gasteiger partial charge in [0, 0.05) is 10.6 Å². The minimum Gasteiger partial charge on any atom is -0.364 e. The van der Waals surface area contributed by atoms with Gasteiger partial charge in [0.25, 0.3) is 11.8 Å². The van der Waals surface area contributed by atoms with Crippen LogP contribution < -0.4 is 10.4 Å². The molecule has 0 saturated heterocycles. The molecule has 0 fully saturated rings. The van der Waals surface area contributed by atoms with E-state index in [0.29, 0.717) is 16.3 Å². The Morgan fingerprint density at radius 3 is 2.36 bits per heavy atom. The molecule has 0 radical (unpaired) electrons. The van der Waals surface area contributed by atoms with E-state index in [1.165, 1.54) is 4.07 Å². The van der Waals surface area contributed by atoms with E-state index in [1.54, 1.807) is 36.4 Å². The van der Waals surface area contributed by atoms with Gasteiger partial charge < -0.3 is 5.73 Å². The van der Waals surface area contributed by atoms with Crippen LogP contribution in [0.3, 0.4) is 0 Å². The third-order valence-electron chi connectivity index (χ3n) is 3.35. The van der Waals surface area contributed by atoms with Gasteiger partial charge in [-0.05, 0) is 54.9 Å². The number of nitrogens with zero attached hydrogens (tertiary/aromatic N) is 3. The third-order valence-corrected chi connectivity index (χ3v) is 4.52. The molecule has 2 aromatic carbocycles. The molecule has 1 aromatic heterocycles. The summed E-state index contributed by atoms with van der Waals surface area (Å²) in [5.74, 6) is -1.21. The van der Waals surface area contributed by atoms with Gasteiger partial charge in [0.05, 0.1) is 5.69 Å². The second-order valence-electron chi connectivity index (χ2n) is 5.24. The highest BCUT2D eigenvalue weighted by atomic mass is 35.5. The highest BCUT2D eigenvalue weighted by molar-refractivity contribution is 7.04. The van der Waals surface area contributed by atoms with Gasteiger partial charge >= 0.3 is 0 Å². The molecule has 25 heavy (non-hydrogen) atoms. The molecule has 126 valence electrons. The number of rotatable bonds is 3. The molecule has 0 aliphatic carbocycles. The zero-order valence-corrected chi connectivity index (χ0v) is 14.7. The topological polar surface area (TPSA) is 90.3 Å². The van der Waals surface area contributed by atoms with E-state index in [9.17, 15) is 9.59 Å². The molecule has 0 aliphatic heterocycles. The summed E-state index contributed by atoms with van der Waals surface area (Å²) in [4.78, 5) is 28.0. The van der Waals surface area contributed by atoms with E-state index >= 15 is 0 Å². The molecule has 0 aliphatic rings. The summed E-state index contributed by atoms with van der Waals surface area (Å²) < 4.78 is 1.63. The van der Waals surface area contributed by atoms with Crippen LogP contribution in [0.15, 0.2) is 53.5 Å². The minimum atomic E-state index is -0.751. The quantitative estimate of drug-likeness (QED) is 0.766. The molecule has 3 aromatic rings. The Bertz CT molecular complexity index is 1000. The lowest BCUT2D eigenvalue weighted by Gasteiger charge is -1.98. The van der Waals surface area contributed by atoms with Crippen LogP contribution in [0, 0.1) is 6.92 Å². The number of primary amides is 1. The molecule has 1 heterocycles. The van der Waals surface area contributed by atoms with Gasteiger partial charge in [-0.2, -0.15) is 9.06 Å². The Morgan fingerprint density at radius 1 is 1.12 bits per heavy atom. The summed E-state index contributed by atoms with van der Waals surface area (Å²) in [6.07, 6.45) is 0. The lowest BCUT2D eigenvalue weighted by molar-refractivity contribution is 0.0994. The number of hydrogen-bond donors (Lipinski definition) is 1. The highest BCUT2D eigenvalue weighted by Gasteiger charge is 2.14. The number of aromatic nitrogens is 2. The number of hydrogen-bond acceptors (Lipinski definition) is 4. The Balaban J connectivity index is 2.05. The van der Waals surface area contributed by atoms with Crippen LogP contribution in [0.5, 0.6) is 0 Å². The molecular weight excluding hydrogens is 360 g/mol. The Kier molecular flexibility index (Phi) is 4.78. The molecule has 0 bridgehead atoms. The number of carbonyl (C=O) groups excluding carboxylic acids is 2. The van der Waals surface area contributed by atoms with Crippen molar-refractivity contribution < 1.29 is 9.59 Å². The van der Waals surface area contributed by atoms with Crippen molar-refractivity contribution in [2.24, 2.45) is 10.7 Å². The zero-order valence-electron chi connectivity index (χ0n) is 13.1. The normalized spacial score (nSPS) is 11.5. The van der Waals surface area contributed by atoms with Crippen LogP contribution >= 0.6 is 23.1 Å². The van der Waals surface area contributed by atoms with E-state index in [-0.39, 0.29) is 10.4 Å². The van der Waals surface area contributed by atoms with Crippen LogP contribution in [-0.4, -0.2) is 21.0 Å². The average molecular weight is 373 g/mol. The summed E-state index contributed by atoms with van der Waals surface area (Å²) in [7, 11) is 0. The predicted molar refractivity (Wildman–Crippen MR) is 96.0 cm³/mol. The second-order valence-corrected chi connectivity index (χ2v) is 6.59. The van der Waals surface area contributed by atoms with Crippen LogP contribution in [0.2, 0.25) is 5.02 Å². The number of halogens is 1. The SMILES string of the molecule is Cc1ccc(C(=O)N=c2sn(-c3ccc(Cl)cc3)nc2C(N)=O)cc1. The molecular formula is C17H13ClN4O2S. The molecule has 2 amide bonds. The van der Waals surface area contributed by atoms with E-state index < -0.39 is 11.8 Å². The van der Waals surface area contributed by atoms with Gasteiger partial charge in [-0.3, -0.25) is 9.59 Å². The maximum Gasteiger partial charge on any atom is 0.278 e. The summed E-state index contributed by atoms with van der Waals surface area (Å²) in [6.45, 7) is 1.93. The molecule has 0 spiro atoms. The molecule has 0 atom stereocenters.